The van der Waals surface area contributed by atoms with Gasteiger partial charge in [-0.2, -0.15) is 10.1 Å². The lowest BCUT2D eigenvalue weighted by Crippen LogP contribution is -2.53. The highest BCUT2D eigenvalue weighted by atomic mass is 35.5. The zero-order chi connectivity index (χ0) is 33.4. The molecule has 2 aliphatic heterocycles. The first-order valence-corrected chi connectivity index (χ1v) is 15.7. The summed E-state index contributed by atoms with van der Waals surface area (Å²) in [4.78, 5) is 56.1. The second-order valence-electron chi connectivity index (χ2n) is 12.1. The molecule has 13 heteroatoms. The number of carbonyl (C=O) groups excluding carboxylic acids is 4. The number of aromatic hydroxyl groups is 1. The van der Waals surface area contributed by atoms with Gasteiger partial charge in [-0.25, -0.2) is 0 Å². The molecule has 0 spiro atoms. The number of fused-ring (bicyclic) bond motifs is 4. The third-order valence-electron chi connectivity index (χ3n) is 10.1. The highest BCUT2D eigenvalue weighted by Gasteiger charge is 2.70. The van der Waals surface area contributed by atoms with E-state index in [1.165, 1.54) is 26.4 Å². The number of nitrogens with one attached hydrogen (secondary N) is 1. The molecule has 2 saturated heterocycles. The van der Waals surface area contributed by atoms with Gasteiger partial charge in [0, 0.05) is 10.9 Å². The maximum Gasteiger partial charge on any atom is 0.260 e. The lowest BCUT2D eigenvalue weighted by Gasteiger charge is -2.50. The monoisotopic (exact) mass is 677 g/mol. The van der Waals surface area contributed by atoms with Crippen LogP contribution in [0.3, 0.4) is 0 Å². The first-order valence-electron chi connectivity index (χ1n) is 14.9. The number of hydrogen-bond acceptors (Lipinski definition) is 9. The van der Waals surface area contributed by atoms with Crippen molar-refractivity contribution in [3.8, 4) is 17.2 Å². The van der Waals surface area contributed by atoms with E-state index >= 15 is 4.79 Å². The van der Waals surface area contributed by atoms with Gasteiger partial charge in [-0.1, -0.05) is 53.1 Å². The predicted molar refractivity (Wildman–Crippen MR) is 169 cm³/mol. The van der Waals surface area contributed by atoms with Crippen molar-refractivity contribution in [1.29, 1.82) is 0 Å². The number of phenols is 1. The Labute approximate surface area is 279 Å². The van der Waals surface area contributed by atoms with Crippen LogP contribution in [-0.2, 0) is 24.6 Å². The molecule has 4 amide bonds. The minimum absolute atomic E-state index is 0.0364. The highest BCUT2D eigenvalue weighted by molar-refractivity contribution is 6.36. The molecule has 3 aromatic rings. The second kappa shape index (κ2) is 11.3. The van der Waals surface area contributed by atoms with Crippen molar-refractivity contribution in [1.82, 2.24) is 10.1 Å². The smallest absolute Gasteiger partial charge is 0.260 e. The molecule has 0 bridgehead atoms. The number of nitrogens with zero attached hydrogens (tertiary/aromatic N) is 2. The third kappa shape index (κ3) is 4.44. The average Bonchev–Trinajstić information content (AvgIpc) is 3.42. The van der Waals surface area contributed by atoms with Crippen LogP contribution in [0.4, 0.5) is 5.69 Å². The average molecular weight is 679 g/mol. The van der Waals surface area contributed by atoms with Crippen molar-refractivity contribution in [2.75, 3.05) is 19.6 Å². The van der Waals surface area contributed by atoms with E-state index in [4.69, 9.17) is 32.7 Å². The van der Waals surface area contributed by atoms with E-state index in [0.717, 1.165) is 5.01 Å². The first-order chi connectivity index (χ1) is 22.5. The molecule has 4 aliphatic rings. The summed E-state index contributed by atoms with van der Waals surface area (Å²) in [5.74, 6) is -6.32. The predicted octanol–water partition coefficient (Wildman–Crippen LogP) is 5.09. The molecule has 3 fully saturated rings. The summed E-state index contributed by atoms with van der Waals surface area (Å²) in [7, 11) is 2.92. The van der Waals surface area contributed by atoms with Crippen molar-refractivity contribution in [2.45, 2.75) is 24.2 Å². The van der Waals surface area contributed by atoms with Crippen LogP contribution in [0.15, 0.2) is 72.3 Å². The number of methoxy groups -OCH3 is 2. The number of amides is 4. The molecular weight excluding hydrogens is 649 g/mol. The number of benzene rings is 3. The number of halogens is 2. The third-order valence-corrected chi connectivity index (χ3v) is 10.6. The number of rotatable bonds is 6. The van der Waals surface area contributed by atoms with E-state index in [9.17, 15) is 24.7 Å². The van der Waals surface area contributed by atoms with E-state index in [1.807, 2.05) is 6.08 Å². The summed E-state index contributed by atoms with van der Waals surface area (Å²) in [5, 5.41) is 22.6. The highest BCUT2D eigenvalue weighted by Crippen LogP contribution is 2.64. The molecule has 3 aromatic carbocycles. The number of carbonyl (C=O) groups is 4. The molecule has 6 unspecified atom stereocenters. The summed E-state index contributed by atoms with van der Waals surface area (Å²) in [6, 6.07) is 16.2. The summed E-state index contributed by atoms with van der Waals surface area (Å²) in [6.45, 7) is 0. The Hall–Kier alpha value is -4.58. The Kier molecular flexibility index (Phi) is 7.46. The molecule has 2 aliphatic carbocycles. The van der Waals surface area contributed by atoms with Gasteiger partial charge < -0.3 is 14.6 Å². The van der Waals surface area contributed by atoms with Gasteiger partial charge in [-0.05, 0) is 72.4 Å². The molecule has 2 heterocycles. The van der Waals surface area contributed by atoms with E-state index < -0.39 is 58.6 Å². The Morgan fingerprint density at radius 3 is 2.32 bits per heavy atom. The van der Waals surface area contributed by atoms with Gasteiger partial charge in [0.2, 0.25) is 0 Å². The first kappa shape index (κ1) is 31.0. The van der Waals surface area contributed by atoms with Crippen molar-refractivity contribution < 1.29 is 39.0 Å². The van der Waals surface area contributed by atoms with Gasteiger partial charge in [0.25, 0.3) is 23.6 Å². The van der Waals surface area contributed by atoms with Gasteiger partial charge >= 0.3 is 0 Å². The summed E-state index contributed by atoms with van der Waals surface area (Å²) in [5.41, 5.74) is 3.36. The lowest BCUT2D eigenvalue weighted by atomic mass is 9.49. The zero-order valence-electron chi connectivity index (χ0n) is 25.1. The maximum absolute atomic E-state index is 15.2. The van der Waals surface area contributed by atoms with Gasteiger partial charge in [-0.3, -0.25) is 29.8 Å². The molecule has 11 nitrogen and oxygen atoms in total. The fourth-order valence-electron chi connectivity index (χ4n) is 8.08. The molecular formula is C34H29Cl2N3O8. The normalized spacial score (nSPS) is 28.1. The number of anilines is 1. The number of phenolic OH excluding ortho intramolecular Hbond substituents is 1. The van der Waals surface area contributed by atoms with Gasteiger partial charge in [0.05, 0.1) is 48.1 Å². The molecule has 6 atom stereocenters. The van der Waals surface area contributed by atoms with Crippen LogP contribution >= 0.6 is 23.2 Å². The number of imide groups is 2. The fourth-order valence-corrected chi connectivity index (χ4v) is 8.53. The molecule has 0 radical (unpaired) electrons. The number of hydrogen-bond donors (Lipinski definition) is 3. The topological polar surface area (TPSA) is 146 Å². The number of hydroxylamine groups is 2. The summed E-state index contributed by atoms with van der Waals surface area (Å²) < 4.78 is 10.9. The molecule has 1 saturated carbocycles. The fraction of sp³-hybridized carbons (Fsp3) is 0.294. The molecule has 7 rings (SSSR count). The van der Waals surface area contributed by atoms with E-state index in [1.54, 1.807) is 48.5 Å². The lowest BCUT2D eigenvalue weighted by molar-refractivity contribution is -0.173. The molecule has 242 valence electrons. The van der Waals surface area contributed by atoms with Crippen LogP contribution in [0.1, 0.15) is 29.9 Å². The number of allylic oxidation sites excluding steroid dienone is 2. The Balaban J connectivity index is 1.48. The largest absolute Gasteiger partial charge is 0.504 e. The molecule has 47 heavy (non-hydrogen) atoms. The van der Waals surface area contributed by atoms with Crippen molar-refractivity contribution in [2.24, 2.45) is 23.7 Å². The van der Waals surface area contributed by atoms with Crippen molar-refractivity contribution in [3.05, 3.63) is 93.5 Å². The Morgan fingerprint density at radius 2 is 1.64 bits per heavy atom. The van der Waals surface area contributed by atoms with Crippen molar-refractivity contribution in [3.63, 3.8) is 0 Å². The van der Waals surface area contributed by atoms with Crippen LogP contribution in [0, 0.1) is 23.7 Å². The number of hydrazine groups is 1. The Bertz CT molecular complexity index is 1880. The molecule has 3 N–H and O–H groups in total. The van der Waals surface area contributed by atoms with Crippen LogP contribution in [0.5, 0.6) is 17.2 Å². The summed E-state index contributed by atoms with van der Waals surface area (Å²) in [6.07, 6.45) is 2.04. The zero-order valence-corrected chi connectivity index (χ0v) is 26.7. The van der Waals surface area contributed by atoms with E-state index in [-0.39, 0.29) is 40.1 Å². The van der Waals surface area contributed by atoms with E-state index in [2.05, 4.69) is 5.43 Å². The van der Waals surface area contributed by atoms with Crippen LogP contribution in [-0.4, -0.2) is 58.2 Å². The quantitative estimate of drug-likeness (QED) is 0.184. The van der Waals surface area contributed by atoms with Crippen molar-refractivity contribution >= 4 is 52.5 Å². The second-order valence-corrected chi connectivity index (χ2v) is 13.0. The SMILES string of the molecule is COc1ccc(C23C(=O)N(Nc4ccc(Cl)cc4Cl)C(=O)C2CC2C(=CCC4C(=O)N(O)C(=O)C42)C3c2ccc(O)c(OC)c2)cc1. The summed E-state index contributed by atoms with van der Waals surface area (Å²) >= 11 is 12.6. The van der Waals surface area contributed by atoms with Crippen LogP contribution in [0.2, 0.25) is 10.0 Å². The maximum atomic E-state index is 15.2. The van der Waals surface area contributed by atoms with Gasteiger partial charge in [-0.15, -0.1) is 0 Å². The number of ether oxygens (including phenoxy) is 2. The van der Waals surface area contributed by atoms with Gasteiger partial charge in [0.1, 0.15) is 5.75 Å². The minimum atomic E-state index is -1.57. The van der Waals surface area contributed by atoms with Gasteiger partial charge in [0.15, 0.2) is 11.5 Å². The van der Waals surface area contributed by atoms with Crippen LogP contribution < -0.4 is 14.9 Å². The standard InChI is InChI=1S/C34H29Cl2N3O8/c1-46-19-7-4-17(5-8-19)34-23(31(42)38(33(34)44)37-25-11-6-18(35)14-24(25)36)15-22-20(9-10-21-28(22)32(43)39(45)30(21)41)29(34)16-3-12-26(40)27(13-16)47-2/h3-9,11-14,21-23,28-29,37,40,45H,10,15H2,1-2H3. The molecule has 0 aromatic heterocycles. The Morgan fingerprint density at radius 1 is 0.894 bits per heavy atom. The van der Waals surface area contributed by atoms with Crippen LogP contribution in [0.25, 0.3) is 0 Å². The minimum Gasteiger partial charge on any atom is -0.504 e. The van der Waals surface area contributed by atoms with E-state index in [0.29, 0.717) is 27.5 Å².